The van der Waals surface area contributed by atoms with Crippen LogP contribution in [-0.2, 0) is 20.9 Å². The molecule has 1 aliphatic carbocycles. The van der Waals surface area contributed by atoms with Gasteiger partial charge in [0, 0.05) is 30.3 Å². The maximum atomic E-state index is 13.8. The number of nitrogens with one attached hydrogen (secondary N) is 1. The number of benzene rings is 3. The van der Waals surface area contributed by atoms with E-state index in [2.05, 4.69) is 5.32 Å². The fourth-order valence-corrected chi connectivity index (χ4v) is 5.13. The zero-order chi connectivity index (χ0) is 25.9. The number of ketones is 1. The molecule has 188 valence electrons. The molecular formula is C29H26ClN3O4. The summed E-state index contributed by atoms with van der Waals surface area (Å²) < 4.78 is 0. The normalized spacial score (nSPS) is 16.7. The Balaban J connectivity index is 1.51. The van der Waals surface area contributed by atoms with Crippen LogP contribution in [0.2, 0.25) is 5.02 Å². The highest BCUT2D eigenvalue weighted by Crippen LogP contribution is 2.43. The molecule has 8 heteroatoms. The van der Waals surface area contributed by atoms with Crippen molar-refractivity contribution in [1.29, 1.82) is 0 Å². The van der Waals surface area contributed by atoms with Crippen molar-refractivity contribution in [3.63, 3.8) is 0 Å². The minimum Gasteiger partial charge on any atom is -0.350 e. The standard InChI is InChI=1S/C29H26ClN3O4/c30-21-13-14-24-25(16-21)32(18-27(35)31-17-19-7-2-1-3-8-19)29(37)22-10-4-5-11-23(22)33(24)28(36)15-20-9-6-12-26(20)34/h1-5,7-8,10-11,13-14,16,20H,6,9,12,15,17-18H2,(H,31,35). The van der Waals surface area contributed by atoms with Crippen LogP contribution in [0.25, 0.3) is 0 Å². The van der Waals surface area contributed by atoms with Gasteiger partial charge in [-0.15, -0.1) is 0 Å². The molecule has 0 spiro atoms. The molecule has 1 heterocycles. The summed E-state index contributed by atoms with van der Waals surface area (Å²) in [6.45, 7) is 0.0667. The Kier molecular flexibility index (Phi) is 7.06. The van der Waals surface area contributed by atoms with Crippen molar-refractivity contribution in [3.05, 3.63) is 88.9 Å². The molecule has 0 bridgehead atoms. The summed E-state index contributed by atoms with van der Waals surface area (Å²) in [4.78, 5) is 55.6. The largest absolute Gasteiger partial charge is 0.350 e. The predicted molar refractivity (Wildman–Crippen MR) is 142 cm³/mol. The van der Waals surface area contributed by atoms with E-state index in [-0.39, 0.29) is 42.0 Å². The molecule has 3 aromatic rings. The van der Waals surface area contributed by atoms with Gasteiger partial charge in [-0.25, -0.2) is 0 Å². The zero-order valence-electron chi connectivity index (χ0n) is 20.2. The maximum absolute atomic E-state index is 13.8. The van der Waals surface area contributed by atoms with Crippen molar-refractivity contribution in [2.24, 2.45) is 5.92 Å². The van der Waals surface area contributed by atoms with E-state index in [9.17, 15) is 19.2 Å². The van der Waals surface area contributed by atoms with E-state index < -0.39 is 5.91 Å². The Labute approximate surface area is 220 Å². The molecule has 7 nitrogen and oxygen atoms in total. The number of para-hydroxylation sites is 1. The van der Waals surface area contributed by atoms with Crippen LogP contribution >= 0.6 is 11.6 Å². The number of hydrogen-bond donors (Lipinski definition) is 1. The molecular weight excluding hydrogens is 490 g/mol. The summed E-state index contributed by atoms with van der Waals surface area (Å²) in [6.07, 6.45) is 2.01. The molecule has 1 atom stereocenters. The Hall–Kier alpha value is -3.97. The number of fused-ring (bicyclic) bond motifs is 2. The topological polar surface area (TPSA) is 86.8 Å². The van der Waals surface area contributed by atoms with Gasteiger partial charge < -0.3 is 5.32 Å². The Morgan fingerprint density at radius 1 is 0.919 bits per heavy atom. The number of amides is 3. The Bertz CT molecular complexity index is 1370. The third-order valence-corrected chi connectivity index (χ3v) is 7.06. The van der Waals surface area contributed by atoms with Gasteiger partial charge in [-0.2, -0.15) is 0 Å². The maximum Gasteiger partial charge on any atom is 0.260 e. The highest BCUT2D eigenvalue weighted by molar-refractivity contribution is 6.31. The van der Waals surface area contributed by atoms with E-state index in [0.717, 1.165) is 12.0 Å². The van der Waals surface area contributed by atoms with E-state index in [1.165, 1.54) is 9.80 Å². The molecule has 3 amide bonds. The van der Waals surface area contributed by atoms with Gasteiger partial charge in [-0.3, -0.25) is 29.0 Å². The van der Waals surface area contributed by atoms with Gasteiger partial charge in [0.25, 0.3) is 5.91 Å². The molecule has 1 fully saturated rings. The zero-order valence-corrected chi connectivity index (χ0v) is 20.9. The molecule has 0 saturated heterocycles. The van der Waals surface area contributed by atoms with Crippen LogP contribution in [-0.4, -0.2) is 30.0 Å². The van der Waals surface area contributed by atoms with E-state index >= 15 is 0 Å². The van der Waals surface area contributed by atoms with Crippen molar-refractivity contribution in [2.75, 3.05) is 16.3 Å². The van der Waals surface area contributed by atoms with Crippen molar-refractivity contribution >= 4 is 52.2 Å². The SMILES string of the molecule is O=C(CN1C(=O)c2ccccc2N(C(=O)CC2CCCC2=O)c2ccc(Cl)cc21)NCc1ccccc1. The van der Waals surface area contributed by atoms with Gasteiger partial charge in [0.15, 0.2) is 0 Å². The summed E-state index contributed by atoms with van der Waals surface area (Å²) in [7, 11) is 0. The second-order valence-electron chi connectivity index (χ2n) is 9.29. The van der Waals surface area contributed by atoms with Gasteiger partial charge in [0.1, 0.15) is 12.3 Å². The second-order valence-corrected chi connectivity index (χ2v) is 9.73. The van der Waals surface area contributed by atoms with Crippen molar-refractivity contribution in [3.8, 4) is 0 Å². The van der Waals surface area contributed by atoms with Crippen LogP contribution in [0.1, 0.15) is 41.6 Å². The third-order valence-electron chi connectivity index (χ3n) is 6.83. The first-order chi connectivity index (χ1) is 17.9. The molecule has 1 unspecified atom stereocenters. The van der Waals surface area contributed by atoms with Crippen LogP contribution in [0.4, 0.5) is 17.1 Å². The average Bonchev–Trinajstić information content (AvgIpc) is 3.27. The van der Waals surface area contributed by atoms with Gasteiger partial charge in [0.05, 0.1) is 22.6 Å². The Morgan fingerprint density at radius 3 is 2.43 bits per heavy atom. The van der Waals surface area contributed by atoms with E-state index in [4.69, 9.17) is 11.6 Å². The highest BCUT2D eigenvalue weighted by Gasteiger charge is 2.36. The molecule has 37 heavy (non-hydrogen) atoms. The lowest BCUT2D eigenvalue weighted by Crippen LogP contribution is -2.40. The quantitative estimate of drug-likeness (QED) is 0.498. The molecule has 0 aromatic heterocycles. The minimum absolute atomic E-state index is 0.0565. The number of hydrogen-bond acceptors (Lipinski definition) is 4. The molecule has 0 radical (unpaired) electrons. The first-order valence-corrected chi connectivity index (χ1v) is 12.7. The van der Waals surface area contributed by atoms with Crippen molar-refractivity contribution < 1.29 is 19.2 Å². The summed E-state index contributed by atoms with van der Waals surface area (Å²) in [5.41, 5.74) is 2.43. The van der Waals surface area contributed by atoms with E-state index in [1.807, 2.05) is 30.3 Å². The van der Waals surface area contributed by atoms with Crippen molar-refractivity contribution in [1.82, 2.24) is 5.32 Å². The highest BCUT2D eigenvalue weighted by atomic mass is 35.5. The van der Waals surface area contributed by atoms with Gasteiger partial charge >= 0.3 is 0 Å². The number of carbonyl (C=O) groups is 4. The molecule has 1 saturated carbocycles. The molecule has 1 N–H and O–H groups in total. The first kappa shape index (κ1) is 24.7. The van der Waals surface area contributed by atoms with E-state index in [1.54, 1.807) is 42.5 Å². The number of rotatable bonds is 6. The summed E-state index contributed by atoms with van der Waals surface area (Å²) in [6, 6.07) is 21.2. The van der Waals surface area contributed by atoms with Crippen molar-refractivity contribution in [2.45, 2.75) is 32.2 Å². The third kappa shape index (κ3) is 5.13. The number of Topliss-reactive ketones (excluding diaryl/α,β-unsaturated/α-hetero) is 1. The average molecular weight is 516 g/mol. The van der Waals surface area contributed by atoms with Crippen LogP contribution in [0.15, 0.2) is 72.8 Å². The smallest absolute Gasteiger partial charge is 0.260 e. The number of halogens is 1. The van der Waals surface area contributed by atoms with Crippen LogP contribution < -0.4 is 15.1 Å². The fraction of sp³-hybridized carbons (Fsp3) is 0.241. The molecule has 5 rings (SSSR count). The first-order valence-electron chi connectivity index (χ1n) is 12.3. The van der Waals surface area contributed by atoms with Crippen LogP contribution in [0.5, 0.6) is 0 Å². The lowest BCUT2D eigenvalue weighted by atomic mass is 10.0. The summed E-state index contributed by atoms with van der Waals surface area (Å²) in [5.74, 6) is -1.27. The minimum atomic E-state index is -0.416. The monoisotopic (exact) mass is 515 g/mol. The number of nitrogens with zero attached hydrogens (tertiary/aromatic N) is 2. The summed E-state index contributed by atoms with van der Waals surface area (Å²) >= 11 is 6.33. The summed E-state index contributed by atoms with van der Waals surface area (Å²) in [5, 5.41) is 3.23. The Morgan fingerprint density at radius 2 is 1.68 bits per heavy atom. The van der Waals surface area contributed by atoms with Gasteiger partial charge in [-0.1, -0.05) is 54.1 Å². The van der Waals surface area contributed by atoms with E-state index in [0.29, 0.717) is 41.5 Å². The van der Waals surface area contributed by atoms with Gasteiger partial charge in [0.2, 0.25) is 11.8 Å². The second kappa shape index (κ2) is 10.6. The fourth-order valence-electron chi connectivity index (χ4n) is 4.96. The molecule has 1 aliphatic heterocycles. The van der Waals surface area contributed by atoms with Crippen LogP contribution in [0.3, 0.4) is 0 Å². The lowest BCUT2D eigenvalue weighted by Gasteiger charge is -2.27. The molecule has 2 aliphatic rings. The number of anilines is 3. The predicted octanol–water partition coefficient (Wildman–Crippen LogP) is 5.04. The lowest BCUT2D eigenvalue weighted by molar-refractivity contribution is -0.125. The van der Waals surface area contributed by atoms with Crippen LogP contribution in [0, 0.1) is 5.92 Å². The van der Waals surface area contributed by atoms with Gasteiger partial charge in [-0.05, 0) is 48.7 Å². The number of carbonyl (C=O) groups excluding carboxylic acids is 4. The molecule has 3 aromatic carbocycles.